The van der Waals surface area contributed by atoms with Gasteiger partial charge in [0.15, 0.2) is 5.78 Å². The van der Waals surface area contributed by atoms with Gasteiger partial charge in [0, 0.05) is 31.2 Å². The molecule has 188 valence electrons. The molecule has 13 heteroatoms. The first-order chi connectivity index (χ1) is 16.1. The molecule has 4 aliphatic rings. The highest BCUT2D eigenvalue weighted by atomic mass is 16.6. The van der Waals surface area contributed by atoms with Crippen LogP contribution in [0.15, 0.2) is 11.8 Å². The van der Waals surface area contributed by atoms with Crippen LogP contribution in [0.5, 0.6) is 0 Å². The molecule has 4 rings (SSSR count). The van der Waals surface area contributed by atoms with Gasteiger partial charge >= 0.3 is 6.03 Å². The quantitative estimate of drug-likeness (QED) is 0.254. The lowest BCUT2D eigenvalue weighted by Gasteiger charge is -2.42. The van der Waals surface area contributed by atoms with Crippen molar-refractivity contribution < 1.29 is 49.1 Å². The molecule has 0 aromatic rings. The standard InChI is InChI=1S/C21H29N3O10/c1-21(9-24(20(32)22-19(21)31)18-4-13(29)15(8-26)34-18)5-10-6-23(16(30)2-11(10)27)17-3-12(28)14(7-25)33-17/h6,12-15,17-18,25-26,28-29H,2-5,7-9H2,1H3,(H,22,31,32)/t12-,13-,14+,15+,17+,18+,21-/m0/s1. The van der Waals surface area contributed by atoms with E-state index in [-0.39, 0.29) is 31.4 Å². The Labute approximate surface area is 194 Å². The number of carbonyl (C=O) groups is 4. The van der Waals surface area contributed by atoms with Gasteiger partial charge in [0.2, 0.25) is 11.8 Å². The van der Waals surface area contributed by atoms with Crippen molar-refractivity contribution in [1.82, 2.24) is 15.1 Å². The Kier molecular flexibility index (Phi) is 6.77. The number of ether oxygens (including phenoxy) is 2. The van der Waals surface area contributed by atoms with Crippen molar-refractivity contribution in [1.29, 1.82) is 0 Å². The maximum Gasteiger partial charge on any atom is 0.326 e. The predicted molar refractivity (Wildman–Crippen MR) is 110 cm³/mol. The van der Waals surface area contributed by atoms with E-state index in [2.05, 4.69) is 5.32 Å². The van der Waals surface area contributed by atoms with Crippen molar-refractivity contribution in [2.45, 2.75) is 69.5 Å². The molecule has 0 bridgehead atoms. The Balaban J connectivity index is 1.53. The van der Waals surface area contributed by atoms with Crippen LogP contribution >= 0.6 is 0 Å². The molecule has 0 radical (unpaired) electrons. The zero-order valence-electron chi connectivity index (χ0n) is 18.6. The monoisotopic (exact) mass is 483 g/mol. The van der Waals surface area contributed by atoms with Crippen molar-refractivity contribution in [3.05, 3.63) is 11.8 Å². The normalized spacial score (nSPS) is 39.0. The molecule has 4 aliphatic heterocycles. The Hall–Kier alpha value is -2.42. The van der Waals surface area contributed by atoms with Gasteiger partial charge in [-0.1, -0.05) is 0 Å². The average Bonchev–Trinajstić information content (AvgIpc) is 3.34. The molecule has 13 nitrogen and oxygen atoms in total. The molecule has 3 fully saturated rings. The number of amides is 4. The molecular weight excluding hydrogens is 454 g/mol. The second-order valence-electron chi connectivity index (χ2n) is 9.41. The van der Waals surface area contributed by atoms with Crippen LogP contribution in [0.2, 0.25) is 0 Å². The Bertz CT molecular complexity index is 909. The van der Waals surface area contributed by atoms with Crippen molar-refractivity contribution in [2.75, 3.05) is 19.8 Å². The van der Waals surface area contributed by atoms with Crippen LogP contribution in [0, 0.1) is 5.41 Å². The molecule has 34 heavy (non-hydrogen) atoms. The van der Waals surface area contributed by atoms with Crippen LogP contribution in [0.4, 0.5) is 4.79 Å². The third-order valence-electron chi connectivity index (χ3n) is 6.81. The number of nitrogens with zero attached hydrogens (tertiary/aromatic N) is 2. The number of aliphatic hydroxyl groups excluding tert-OH is 4. The molecular formula is C21H29N3O10. The molecule has 4 heterocycles. The Morgan fingerprint density at radius 2 is 1.62 bits per heavy atom. The number of imide groups is 1. The number of ketones is 1. The molecule has 0 saturated carbocycles. The van der Waals surface area contributed by atoms with E-state index in [9.17, 15) is 39.6 Å². The highest BCUT2D eigenvalue weighted by molar-refractivity contribution is 6.10. The van der Waals surface area contributed by atoms with Crippen LogP contribution in [0.3, 0.4) is 0 Å². The third kappa shape index (κ3) is 4.46. The third-order valence-corrected chi connectivity index (χ3v) is 6.81. The molecule has 7 atom stereocenters. The largest absolute Gasteiger partial charge is 0.394 e. The molecule has 3 saturated heterocycles. The predicted octanol–water partition coefficient (Wildman–Crippen LogP) is -2.44. The fraction of sp³-hybridized carbons (Fsp3) is 0.714. The van der Waals surface area contributed by atoms with Gasteiger partial charge < -0.3 is 29.9 Å². The fourth-order valence-electron chi connectivity index (χ4n) is 4.79. The number of hydrogen-bond donors (Lipinski definition) is 5. The Morgan fingerprint density at radius 1 is 1.03 bits per heavy atom. The summed E-state index contributed by atoms with van der Waals surface area (Å²) in [5.74, 6) is -1.59. The van der Waals surface area contributed by atoms with Gasteiger partial charge in [0.25, 0.3) is 0 Å². The summed E-state index contributed by atoms with van der Waals surface area (Å²) in [6.07, 6.45) is -4.49. The van der Waals surface area contributed by atoms with Crippen molar-refractivity contribution in [3.8, 4) is 0 Å². The van der Waals surface area contributed by atoms with E-state index in [0.717, 1.165) is 0 Å². The van der Waals surface area contributed by atoms with Gasteiger partial charge in [-0.05, 0) is 13.3 Å². The zero-order valence-corrected chi connectivity index (χ0v) is 18.6. The van der Waals surface area contributed by atoms with Crippen LogP contribution in [0.1, 0.15) is 32.6 Å². The maximum atomic E-state index is 12.8. The summed E-state index contributed by atoms with van der Waals surface area (Å²) < 4.78 is 11.1. The number of carbonyl (C=O) groups excluding carboxylic acids is 4. The van der Waals surface area contributed by atoms with Gasteiger partial charge in [0.05, 0.1) is 37.3 Å². The molecule has 0 spiro atoms. The molecule has 0 aromatic heterocycles. The summed E-state index contributed by atoms with van der Waals surface area (Å²) in [7, 11) is 0. The minimum Gasteiger partial charge on any atom is -0.394 e. The van der Waals surface area contributed by atoms with Crippen LogP contribution in [0.25, 0.3) is 0 Å². The average molecular weight is 483 g/mol. The Morgan fingerprint density at radius 3 is 2.21 bits per heavy atom. The van der Waals surface area contributed by atoms with Gasteiger partial charge in [0.1, 0.15) is 24.7 Å². The van der Waals surface area contributed by atoms with Crippen LogP contribution < -0.4 is 5.32 Å². The number of aliphatic hydroxyl groups is 4. The van der Waals surface area contributed by atoms with E-state index >= 15 is 0 Å². The highest BCUT2D eigenvalue weighted by Gasteiger charge is 2.49. The summed E-state index contributed by atoms with van der Waals surface area (Å²) in [5.41, 5.74) is -1.07. The first-order valence-electron chi connectivity index (χ1n) is 11.1. The van der Waals surface area contributed by atoms with E-state index in [4.69, 9.17) is 9.47 Å². The zero-order chi connectivity index (χ0) is 24.8. The summed E-state index contributed by atoms with van der Waals surface area (Å²) in [6, 6.07) is -0.706. The number of urea groups is 1. The summed E-state index contributed by atoms with van der Waals surface area (Å²) in [6.45, 7) is 0.607. The first kappa shape index (κ1) is 24.7. The molecule has 5 N–H and O–H groups in total. The summed E-state index contributed by atoms with van der Waals surface area (Å²) in [5, 5.41) is 40.9. The number of nitrogens with one attached hydrogen (secondary N) is 1. The lowest BCUT2D eigenvalue weighted by atomic mass is 9.79. The van der Waals surface area contributed by atoms with Crippen molar-refractivity contribution in [2.24, 2.45) is 5.41 Å². The van der Waals surface area contributed by atoms with Gasteiger partial charge in [-0.15, -0.1) is 0 Å². The highest BCUT2D eigenvalue weighted by Crippen LogP contribution is 2.36. The summed E-state index contributed by atoms with van der Waals surface area (Å²) >= 11 is 0. The van der Waals surface area contributed by atoms with Gasteiger partial charge in [-0.25, -0.2) is 4.79 Å². The fourth-order valence-corrected chi connectivity index (χ4v) is 4.79. The van der Waals surface area contributed by atoms with E-state index in [1.165, 1.54) is 16.0 Å². The number of rotatable bonds is 6. The topological polar surface area (TPSA) is 186 Å². The number of allylic oxidation sites excluding steroid dienone is 1. The molecule has 4 amide bonds. The molecule has 0 aliphatic carbocycles. The smallest absolute Gasteiger partial charge is 0.326 e. The van der Waals surface area contributed by atoms with E-state index in [1.54, 1.807) is 6.92 Å². The van der Waals surface area contributed by atoms with E-state index < -0.39 is 85.5 Å². The summed E-state index contributed by atoms with van der Waals surface area (Å²) in [4.78, 5) is 52.8. The minimum absolute atomic E-state index is 0.0557. The van der Waals surface area contributed by atoms with Gasteiger partial charge in [-0.2, -0.15) is 0 Å². The van der Waals surface area contributed by atoms with E-state index in [1.807, 2.05) is 0 Å². The minimum atomic E-state index is -1.25. The van der Waals surface area contributed by atoms with Crippen LogP contribution in [-0.2, 0) is 23.9 Å². The maximum absolute atomic E-state index is 12.8. The van der Waals surface area contributed by atoms with Crippen molar-refractivity contribution >= 4 is 23.6 Å². The van der Waals surface area contributed by atoms with Crippen LogP contribution in [-0.4, -0.2) is 110 Å². The van der Waals surface area contributed by atoms with Gasteiger partial charge in [-0.3, -0.25) is 29.5 Å². The van der Waals surface area contributed by atoms with Crippen molar-refractivity contribution in [3.63, 3.8) is 0 Å². The second kappa shape index (κ2) is 9.32. The lowest BCUT2D eigenvalue weighted by molar-refractivity contribution is -0.144. The molecule has 0 aromatic carbocycles. The first-order valence-corrected chi connectivity index (χ1v) is 11.1. The second-order valence-corrected chi connectivity index (χ2v) is 9.41. The molecule has 0 unspecified atom stereocenters. The number of Topliss-reactive ketones (excluding diaryl/α,β-unsaturated/α-hetero) is 1. The lowest BCUT2D eigenvalue weighted by Crippen LogP contribution is -2.62. The SMILES string of the molecule is C[C@]1(CC2=CN([C@H]3C[C@H](O)[C@@H](CO)O3)C(=O)CC2=O)CN([C@H]2C[C@H](O)[C@@H](CO)O2)C(=O)NC1=O. The number of hydrogen-bond acceptors (Lipinski definition) is 10. The van der Waals surface area contributed by atoms with E-state index in [0.29, 0.717) is 0 Å².